The molecule has 7 heteroatoms. The van der Waals surface area contributed by atoms with E-state index in [1.54, 1.807) is 0 Å². The Balaban J connectivity index is 2.59. The fourth-order valence-corrected chi connectivity index (χ4v) is 4.66. The molecule has 1 rings (SSSR count). The molecule has 0 aliphatic carbocycles. The van der Waals surface area contributed by atoms with Crippen LogP contribution in [0, 0.1) is 0 Å². The Kier molecular flexibility index (Phi) is 4.82. The van der Waals surface area contributed by atoms with Gasteiger partial charge >= 0.3 is 0 Å². The fourth-order valence-electron chi connectivity index (χ4n) is 1.70. The molecule has 1 aliphatic heterocycles. The molecule has 0 aromatic rings. The van der Waals surface area contributed by atoms with Crippen LogP contribution in [0.4, 0.5) is 0 Å². The second kappa shape index (κ2) is 5.51. The summed E-state index contributed by atoms with van der Waals surface area (Å²) in [6.07, 6.45) is 0. The van der Waals surface area contributed by atoms with Crippen molar-refractivity contribution >= 4 is 38.8 Å². The van der Waals surface area contributed by atoms with Crippen molar-refractivity contribution in [2.45, 2.75) is 25.3 Å². The Morgan fingerprint density at radius 1 is 1.44 bits per heavy atom. The smallest absolute Gasteiger partial charge is 0.169 e. The standard InChI is InChI=1S/C9H17ClN2O2S2/c1-3-12(4-2)9(15)11-8-6-16(13,14)5-7(8)10/h7-8H,3-6H2,1-2H3,(H,11,15)/t7-,8+/m1/s1. The van der Waals surface area contributed by atoms with Gasteiger partial charge in [0.25, 0.3) is 0 Å². The van der Waals surface area contributed by atoms with E-state index >= 15 is 0 Å². The lowest BCUT2D eigenvalue weighted by molar-refractivity contribution is 0.447. The maximum absolute atomic E-state index is 11.4. The molecule has 1 aliphatic rings. The lowest BCUT2D eigenvalue weighted by Crippen LogP contribution is -2.47. The largest absolute Gasteiger partial charge is 0.357 e. The molecule has 0 saturated carbocycles. The Labute approximate surface area is 107 Å². The minimum Gasteiger partial charge on any atom is -0.357 e. The summed E-state index contributed by atoms with van der Waals surface area (Å²) < 4.78 is 22.7. The highest BCUT2D eigenvalue weighted by Gasteiger charge is 2.37. The number of nitrogens with zero attached hydrogens (tertiary/aromatic N) is 1. The van der Waals surface area contributed by atoms with Crippen LogP contribution >= 0.6 is 23.8 Å². The molecule has 1 saturated heterocycles. The van der Waals surface area contributed by atoms with Crippen LogP contribution in [0.5, 0.6) is 0 Å². The number of hydrogen-bond donors (Lipinski definition) is 1. The predicted octanol–water partition coefficient (Wildman–Crippen LogP) is 0.607. The van der Waals surface area contributed by atoms with E-state index in [9.17, 15) is 8.42 Å². The molecule has 1 N–H and O–H groups in total. The zero-order chi connectivity index (χ0) is 12.3. The quantitative estimate of drug-likeness (QED) is 0.608. The van der Waals surface area contributed by atoms with Crippen molar-refractivity contribution < 1.29 is 8.42 Å². The maximum Gasteiger partial charge on any atom is 0.169 e. The average Bonchev–Trinajstić information content (AvgIpc) is 2.41. The normalized spacial score (nSPS) is 27.7. The van der Waals surface area contributed by atoms with Gasteiger partial charge in [-0.15, -0.1) is 11.6 Å². The molecular weight excluding hydrogens is 268 g/mol. The van der Waals surface area contributed by atoms with Crippen LogP contribution < -0.4 is 5.32 Å². The van der Waals surface area contributed by atoms with Crippen LogP contribution in [0.15, 0.2) is 0 Å². The molecule has 0 bridgehead atoms. The van der Waals surface area contributed by atoms with Gasteiger partial charge in [-0.3, -0.25) is 0 Å². The highest BCUT2D eigenvalue weighted by Crippen LogP contribution is 2.18. The maximum atomic E-state index is 11.4. The summed E-state index contributed by atoms with van der Waals surface area (Å²) in [4.78, 5) is 1.96. The van der Waals surface area contributed by atoms with Gasteiger partial charge in [0.1, 0.15) is 0 Å². The Bertz CT molecular complexity index is 355. The van der Waals surface area contributed by atoms with Gasteiger partial charge in [0, 0.05) is 13.1 Å². The number of sulfone groups is 1. The molecular formula is C9H17ClN2O2S2. The van der Waals surface area contributed by atoms with Gasteiger partial charge in [-0.05, 0) is 26.1 Å². The van der Waals surface area contributed by atoms with E-state index < -0.39 is 15.2 Å². The Morgan fingerprint density at radius 3 is 2.38 bits per heavy atom. The van der Waals surface area contributed by atoms with Crippen LogP contribution in [-0.2, 0) is 9.84 Å². The summed E-state index contributed by atoms with van der Waals surface area (Å²) in [6, 6.07) is -0.264. The van der Waals surface area contributed by atoms with Crippen molar-refractivity contribution in [3.8, 4) is 0 Å². The first kappa shape index (κ1) is 14.0. The summed E-state index contributed by atoms with van der Waals surface area (Å²) in [5.41, 5.74) is 0. The van der Waals surface area contributed by atoms with Crippen molar-refractivity contribution in [3.05, 3.63) is 0 Å². The SMILES string of the molecule is CCN(CC)C(=S)N[C@H]1CS(=O)(=O)C[C@H]1Cl. The third-order valence-corrected chi connectivity index (χ3v) is 5.39. The molecule has 0 aromatic carbocycles. The molecule has 1 heterocycles. The number of rotatable bonds is 3. The van der Waals surface area contributed by atoms with E-state index in [0.717, 1.165) is 13.1 Å². The highest BCUT2D eigenvalue weighted by atomic mass is 35.5. The second-order valence-corrected chi connectivity index (χ2v) is 6.92. The van der Waals surface area contributed by atoms with Crippen molar-refractivity contribution in [2.24, 2.45) is 0 Å². The topological polar surface area (TPSA) is 49.4 Å². The van der Waals surface area contributed by atoms with E-state index in [4.69, 9.17) is 23.8 Å². The van der Waals surface area contributed by atoms with Crippen molar-refractivity contribution in [1.29, 1.82) is 0 Å². The van der Waals surface area contributed by atoms with Crippen LogP contribution in [0.3, 0.4) is 0 Å². The molecule has 0 radical (unpaired) electrons. The second-order valence-electron chi connectivity index (χ2n) is 3.82. The van der Waals surface area contributed by atoms with Gasteiger partial charge in [0.15, 0.2) is 14.9 Å². The van der Waals surface area contributed by atoms with Crippen molar-refractivity contribution in [1.82, 2.24) is 10.2 Å². The molecule has 4 nitrogen and oxygen atoms in total. The number of thiocarbonyl (C=S) groups is 1. The first-order valence-electron chi connectivity index (χ1n) is 5.29. The van der Waals surface area contributed by atoms with Gasteiger partial charge < -0.3 is 10.2 Å². The molecule has 0 spiro atoms. The first-order valence-corrected chi connectivity index (χ1v) is 7.96. The lowest BCUT2D eigenvalue weighted by Gasteiger charge is -2.25. The zero-order valence-corrected chi connectivity index (χ0v) is 11.8. The fraction of sp³-hybridized carbons (Fsp3) is 0.889. The summed E-state index contributed by atoms with van der Waals surface area (Å²) in [5, 5.41) is 3.22. The van der Waals surface area contributed by atoms with Crippen LogP contribution in [0.25, 0.3) is 0 Å². The van der Waals surface area contributed by atoms with Gasteiger partial charge in [-0.1, -0.05) is 0 Å². The van der Waals surface area contributed by atoms with E-state index in [0.29, 0.717) is 5.11 Å². The van der Waals surface area contributed by atoms with Crippen LogP contribution in [-0.4, -0.2) is 54.4 Å². The number of alkyl halides is 1. The van der Waals surface area contributed by atoms with Gasteiger partial charge in [-0.25, -0.2) is 8.42 Å². The molecule has 0 amide bonds. The summed E-state index contributed by atoms with van der Waals surface area (Å²) >= 11 is 11.2. The summed E-state index contributed by atoms with van der Waals surface area (Å²) in [5.74, 6) is 0.107. The summed E-state index contributed by atoms with van der Waals surface area (Å²) in [6.45, 7) is 5.60. The summed E-state index contributed by atoms with van der Waals surface area (Å²) in [7, 11) is -3.00. The van der Waals surface area contributed by atoms with E-state index in [-0.39, 0.29) is 17.5 Å². The average molecular weight is 285 g/mol. The number of hydrogen-bond acceptors (Lipinski definition) is 3. The minimum atomic E-state index is -3.00. The zero-order valence-electron chi connectivity index (χ0n) is 9.44. The monoisotopic (exact) mass is 284 g/mol. The van der Waals surface area contributed by atoms with E-state index in [1.807, 2.05) is 18.7 Å². The molecule has 2 atom stereocenters. The molecule has 16 heavy (non-hydrogen) atoms. The lowest BCUT2D eigenvalue weighted by atomic mass is 10.2. The third kappa shape index (κ3) is 3.46. The first-order chi connectivity index (χ1) is 7.39. The van der Waals surface area contributed by atoms with Crippen molar-refractivity contribution in [2.75, 3.05) is 24.6 Å². The molecule has 1 fully saturated rings. The van der Waals surface area contributed by atoms with Crippen LogP contribution in [0.2, 0.25) is 0 Å². The highest BCUT2D eigenvalue weighted by molar-refractivity contribution is 7.91. The predicted molar refractivity (Wildman–Crippen MR) is 70.7 cm³/mol. The molecule has 0 unspecified atom stereocenters. The molecule has 0 aromatic heterocycles. The van der Waals surface area contributed by atoms with E-state index in [2.05, 4.69) is 5.32 Å². The van der Waals surface area contributed by atoms with Gasteiger partial charge in [0.05, 0.1) is 22.9 Å². The third-order valence-electron chi connectivity index (χ3n) is 2.64. The minimum absolute atomic E-state index is 0.0348. The van der Waals surface area contributed by atoms with Gasteiger partial charge in [0.2, 0.25) is 0 Å². The Hall–Kier alpha value is -0.0700. The van der Waals surface area contributed by atoms with Gasteiger partial charge in [-0.2, -0.15) is 0 Å². The number of halogens is 1. The number of nitrogens with one attached hydrogen (secondary N) is 1. The Morgan fingerprint density at radius 2 is 2.00 bits per heavy atom. The van der Waals surface area contributed by atoms with E-state index in [1.165, 1.54) is 0 Å². The van der Waals surface area contributed by atoms with Crippen molar-refractivity contribution in [3.63, 3.8) is 0 Å². The van der Waals surface area contributed by atoms with Crippen LogP contribution in [0.1, 0.15) is 13.8 Å². The molecule has 94 valence electrons.